The maximum Gasteiger partial charge on any atom is 0.146 e. The van der Waals surface area contributed by atoms with Crippen LogP contribution in [0.5, 0.6) is 0 Å². The highest BCUT2D eigenvalue weighted by Crippen LogP contribution is 2.16. The van der Waals surface area contributed by atoms with E-state index in [0.29, 0.717) is 5.69 Å². The second-order valence-electron chi connectivity index (χ2n) is 5.16. The molecule has 0 fully saturated rings. The van der Waals surface area contributed by atoms with E-state index in [0.717, 1.165) is 25.6 Å². The highest BCUT2D eigenvalue weighted by molar-refractivity contribution is 5.46. The predicted molar refractivity (Wildman–Crippen MR) is 76.6 cm³/mol. The van der Waals surface area contributed by atoms with Crippen LogP contribution in [0.25, 0.3) is 0 Å². The molecule has 0 aliphatic carbocycles. The SMILES string of the molecule is CC(C)CCCNCCN(C)c1ccccc1F. The van der Waals surface area contributed by atoms with Crippen LogP contribution in [-0.4, -0.2) is 26.7 Å². The summed E-state index contributed by atoms with van der Waals surface area (Å²) in [5.74, 6) is 0.618. The Morgan fingerprint density at radius 2 is 1.94 bits per heavy atom. The number of nitrogens with zero attached hydrogens (tertiary/aromatic N) is 1. The maximum absolute atomic E-state index is 13.5. The van der Waals surface area contributed by atoms with Gasteiger partial charge in [-0.25, -0.2) is 4.39 Å². The van der Waals surface area contributed by atoms with Crippen molar-refractivity contribution in [3.63, 3.8) is 0 Å². The minimum absolute atomic E-state index is 0.153. The van der Waals surface area contributed by atoms with E-state index in [1.165, 1.54) is 18.9 Å². The van der Waals surface area contributed by atoms with Crippen LogP contribution in [0.15, 0.2) is 24.3 Å². The molecule has 3 heteroatoms. The number of halogens is 1. The molecule has 0 saturated heterocycles. The molecule has 0 radical (unpaired) electrons. The lowest BCUT2D eigenvalue weighted by Crippen LogP contribution is -2.30. The predicted octanol–water partition coefficient (Wildman–Crippen LogP) is 3.29. The van der Waals surface area contributed by atoms with Crippen LogP contribution in [-0.2, 0) is 0 Å². The van der Waals surface area contributed by atoms with Gasteiger partial charge in [-0.05, 0) is 37.4 Å². The van der Waals surface area contributed by atoms with E-state index in [1.807, 2.05) is 24.1 Å². The summed E-state index contributed by atoms with van der Waals surface area (Å²) in [5, 5.41) is 3.40. The van der Waals surface area contributed by atoms with Gasteiger partial charge in [-0.15, -0.1) is 0 Å². The van der Waals surface area contributed by atoms with Crippen LogP contribution in [0, 0.1) is 11.7 Å². The van der Waals surface area contributed by atoms with Gasteiger partial charge in [-0.2, -0.15) is 0 Å². The molecule has 0 atom stereocenters. The molecule has 0 heterocycles. The molecule has 0 unspecified atom stereocenters. The molecule has 1 aromatic carbocycles. The van der Waals surface area contributed by atoms with E-state index in [1.54, 1.807) is 6.07 Å². The van der Waals surface area contributed by atoms with Gasteiger partial charge in [0.1, 0.15) is 5.82 Å². The summed E-state index contributed by atoms with van der Waals surface area (Å²) in [7, 11) is 1.92. The van der Waals surface area contributed by atoms with Crippen LogP contribution < -0.4 is 10.2 Å². The Labute approximate surface area is 110 Å². The van der Waals surface area contributed by atoms with Gasteiger partial charge in [-0.3, -0.25) is 0 Å². The van der Waals surface area contributed by atoms with Crippen molar-refractivity contribution >= 4 is 5.69 Å². The zero-order chi connectivity index (χ0) is 13.4. The van der Waals surface area contributed by atoms with Gasteiger partial charge < -0.3 is 10.2 Å². The largest absolute Gasteiger partial charge is 0.371 e. The molecule has 18 heavy (non-hydrogen) atoms. The smallest absolute Gasteiger partial charge is 0.146 e. The number of likely N-dealkylation sites (N-methyl/N-ethyl adjacent to an activating group) is 1. The minimum atomic E-state index is -0.153. The highest BCUT2D eigenvalue weighted by atomic mass is 19.1. The fraction of sp³-hybridized carbons (Fsp3) is 0.600. The van der Waals surface area contributed by atoms with Crippen molar-refractivity contribution in [3.8, 4) is 0 Å². The first kappa shape index (κ1) is 15.0. The quantitative estimate of drug-likeness (QED) is 0.714. The van der Waals surface area contributed by atoms with Crippen LogP contribution >= 0.6 is 0 Å². The monoisotopic (exact) mass is 252 g/mol. The second-order valence-corrected chi connectivity index (χ2v) is 5.16. The van der Waals surface area contributed by atoms with Crippen molar-refractivity contribution in [3.05, 3.63) is 30.1 Å². The zero-order valence-corrected chi connectivity index (χ0v) is 11.7. The van der Waals surface area contributed by atoms with Crippen molar-refractivity contribution in [2.24, 2.45) is 5.92 Å². The molecule has 1 rings (SSSR count). The van der Waals surface area contributed by atoms with Crippen LogP contribution in [0.2, 0.25) is 0 Å². The molecule has 2 nitrogen and oxygen atoms in total. The minimum Gasteiger partial charge on any atom is -0.371 e. The number of anilines is 1. The van der Waals surface area contributed by atoms with E-state index >= 15 is 0 Å². The number of benzene rings is 1. The van der Waals surface area contributed by atoms with E-state index in [4.69, 9.17) is 0 Å². The molecular formula is C15H25FN2. The average molecular weight is 252 g/mol. The summed E-state index contributed by atoms with van der Waals surface area (Å²) < 4.78 is 13.5. The number of nitrogens with one attached hydrogen (secondary N) is 1. The van der Waals surface area contributed by atoms with Gasteiger partial charge >= 0.3 is 0 Å². The van der Waals surface area contributed by atoms with Crippen LogP contribution in [0.1, 0.15) is 26.7 Å². The van der Waals surface area contributed by atoms with E-state index in [9.17, 15) is 4.39 Å². The Morgan fingerprint density at radius 1 is 1.22 bits per heavy atom. The molecule has 1 N–H and O–H groups in total. The van der Waals surface area contributed by atoms with Crippen molar-refractivity contribution in [1.29, 1.82) is 0 Å². The summed E-state index contributed by atoms with van der Waals surface area (Å²) in [6.45, 7) is 7.24. The van der Waals surface area contributed by atoms with Gasteiger partial charge in [0.2, 0.25) is 0 Å². The first-order valence-corrected chi connectivity index (χ1v) is 6.77. The third kappa shape index (κ3) is 5.50. The molecule has 0 aliphatic rings. The Kier molecular flexibility index (Phi) is 6.73. The standard InChI is InChI=1S/C15H25FN2/c1-13(2)7-6-10-17-11-12-18(3)15-9-5-4-8-14(15)16/h4-5,8-9,13,17H,6-7,10-12H2,1-3H3. The summed E-state index contributed by atoms with van der Waals surface area (Å²) in [6.07, 6.45) is 2.47. The first-order valence-electron chi connectivity index (χ1n) is 6.77. The lowest BCUT2D eigenvalue weighted by Gasteiger charge is -2.20. The normalized spacial score (nSPS) is 10.9. The topological polar surface area (TPSA) is 15.3 Å². The molecule has 0 aliphatic heterocycles. The van der Waals surface area contributed by atoms with Crippen molar-refractivity contribution in [2.45, 2.75) is 26.7 Å². The lowest BCUT2D eigenvalue weighted by molar-refractivity contribution is 0.528. The van der Waals surface area contributed by atoms with Crippen molar-refractivity contribution in [1.82, 2.24) is 5.32 Å². The van der Waals surface area contributed by atoms with E-state index in [2.05, 4.69) is 19.2 Å². The molecule has 102 valence electrons. The third-order valence-corrected chi connectivity index (χ3v) is 3.02. The Balaban J connectivity index is 2.18. The highest BCUT2D eigenvalue weighted by Gasteiger charge is 2.05. The van der Waals surface area contributed by atoms with Crippen molar-refractivity contribution in [2.75, 3.05) is 31.6 Å². The fourth-order valence-corrected chi connectivity index (χ4v) is 1.89. The van der Waals surface area contributed by atoms with Crippen LogP contribution in [0.3, 0.4) is 0 Å². The summed E-state index contributed by atoms with van der Waals surface area (Å²) in [5.41, 5.74) is 0.668. The zero-order valence-electron chi connectivity index (χ0n) is 11.7. The number of hydrogen-bond acceptors (Lipinski definition) is 2. The summed E-state index contributed by atoms with van der Waals surface area (Å²) >= 11 is 0. The van der Waals surface area contributed by atoms with Crippen molar-refractivity contribution < 1.29 is 4.39 Å². The molecule has 1 aromatic rings. The Hall–Kier alpha value is -1.09. The fourth-order valence-electron chi connectivity index (χ4n) is 1.89. The molecular weight excluding hydrogens is 227 g/mol. The molecule has 0 aromatic heterocycles. The molecule has 0 amide bonds. The second kappa shape index (κ2) is 8.09. The van der Waals surface area contributed by atoms with E-state index in [-0.39, 0.29) is 5.82 Å². The van der Waals surface area contributed by atoms with Crippen LogP contribution in [0.4, 0.5) is 10.1 Å². The molecule has 0 spiro atoms. The summed E-state index contributed by atoms with van der Waals surface area (Å²) in [6, 6.07) is 6.90. The average Bonchev–Trinajstić information content (AvgIpc) is 2.33. The van der Waals surface area contributed by atoms with Gasteiger partial charge in [-0.1, -0.05) is 26.0 Å². The Bertz CT molecular complexity index is 339. The number of para-hydroxylation sites is 1. The number of rotatable bonds is 8. The van der Waals surface area contributed by atoms with Gasteiger partial charge in [0, 0.05) is 20.1 Å². The first-order chi connectivity index (χ1) is 8.61. The number of hydrogen-bond donors (Lipinski definition) is 1. The summed E-state index contributed by atoms with van der Waals surface area (Å²) in [4.78, 5) is 1.95. The molecule has 0 bridgehead atoms. The third-order valence-electron chi connectivity index (χ3n) is 3.02. The lowest BCUT2D eigenvalue weighted by atomic mass is 10.1. The van der Waals surface area contributed by atoms with Gasteiger partial charge in [0.25, 0.3) is 0 Å². The van der Waals surface area contributed by atoms with E-state index < -0.39 is 0 Å². The maximum atomic E-state index is 13.5. The van der Waals surface area contributed by atoms with Gasteiger partial charge in [0.05, 0.1) is 5.69 Å². The van der Waals surface area contributed by atoms with Gasteiger partial charge in [0.15, 0.2) is 0 Å². The molecule has 0 saturated carbocycles. The Morgan fingerprint density at radius 3 is 2.61 bits per heavy atom.